The summed E-state index contributed by atoms with van der Waals surface area (Å²) < 4.78 is 17.7. The van der Waals surface area contributed by atoms with Crippen LogP contribution < -0.4 is 10.6 Å². The number of amides is 2. The number of rotatable bonds is 11. The quantitative estimate of drug-likeness (QED) is 0.311. The highest BCUT2D eigenvalue weighted by Gasteiger charge is 2.38. The van der Waals surface area contributed by atoms with Crippen LogP contribution in [0.4, 0.5) is 10.5 Å². The number of anilines is 1. The largest absolute Gasteiger partial charge is 0.465 e. The fraction of sp³-hybridized carbons (Fsp3) is 0.429. The summed E-state index contributed by atoms with van der Waals surface area (Å²) in [4.78, 5) is 25.9. The van der Waals surface area contributed by atoms with Gasteiger partial charge in [0.15, 0.2) is 6.29 Å². The molecule has 0 aromatic heterocycles. The zero-order chi connectivity index (χ0) is 26.8. The molecule has 0 radical (unpaired) electrons. The van der Waals surface area contributed by atoms with Crippen LogP contribution in [0.2, 0.25) is 0 Å². The molecule has 2 aromatic carbocycles. The van der Waals surface area contributed by atoms with Gasteiger partial charge in [-0.1, -0.05) is 49.4 Å². The lowest BCUT2D eigenvalue weighted by molar-refractivity contribution is -0.275. The molecule has 200 valence electrons. The van der Waals surface area contributed by atoms with E-state index >= 15 is 0 Å². The number of aliphatic hydroxyl groups excluding tert-OH is 1. The van der Waals surface area contributed by atoms with E-state index in [1.165, 1.54) is 0 Å². The smallest absolute Gasteiger partial charge is 0.325 e. The normalized spacial score (nSPS) is 21.3. The van der Waals surface area contributed by atoms with Crippen LogP contribution >= 0.6 is 0 Å². The van der Waals surface area contributed by atoms with Crippen molar-refractivity contribution in [3.63, 3.8) is 0 Å². The van der Waals surface area contributed by atoms with E-state index in [9.17, 15) is 14.7 Å². The van der Waals surface area contributed by atoms with Gasteiger partial charge in [0.1, 0.15) is 6.54 Å². The number of urea groups is 1. The summed E-state index contributed by atoms with van der Waals surface area (Å²) in [6.45, 7) is 9.07. The van der Waals surface area contributed by atoms with Crippen molar-refractivity contribution in [3.8, 4) is 0 Å². The molecular formula is C28H37N3O6. The molecule has 1 heterocycles. The second-order valence-corrected chi connectivity index (χ2v) is 9.07. The first-order valence-electron chi connectivity index (χ1n) is 12.4. The van der Waals surface area contributed by atoms with Crippen LogP contribution in [-0.2, 0) is 25.6 Å². The number of carbonyl (C=O) groups is 2. The highest BCUT2D eigenvalue weighted by atomic mass is 16.7. The van der Waals surface area contributed by atoms with Crippen molar-refractivity contribution in [3.05, 3.63) is 77.9 Å². The van der Waals surface area contributed by atoms with Gasteiger partial charge < -0.3 is 34.9 Å². The van der Waals surface area contributed by atoms with Crippen LogP contribution in [0, 0.1) is 5.92 Å². The van der Waals surface area contributed by atoms with E-state index in [2.05, 4.69) is 29.0 Å². The average molecular weight is 512 g/mol. The number of nitrogens with zero attached hydrogens (tertiary/aromatic N) is 1. The number of ether oxygens (including phenoxy) is 3. The molecule has 1 fully saturated rings. The number of carbonyl (C=O) groups excluding carboxylic acids is 2. The minimum Gasteiger partial charge on any atom is -0.465 e. The van der Waals surface area contributed by atoms with Gasteiger partial charge in [0.2, 0.25) is 0 Å². The first-order chi connectivity index (χ1) is 17.8. The number of aliphatic hydroxyl groups is 1. The van der Waals surface area contributed by atoms with Crippen LogP contribution in [0.5, 0.6) is 0 Å². The third-order valence-electron chi connectivity index (χ3n) is 6.17. The number of likely N-dealkylation sites (N-methyl/N-ethyl adjacent to an activating group) is 1. The van der Waals surface area contributed by atoms with Gasteiger partial charge in [0.05, 0.1) is 25.4 Å². The monoisotopic (exact) mass is 511 g/mol. The summed E-state index contributed by atoms with van der Waals surface area (Å²) in [5.74, 6) is -0.450. The summed E-state index contributed by atoms with van der Waals surface area (Å²) in [6.07, 6.45) is 0.827. The van der Waals surface area contributed by atoms with Gasteiger partial charge in [-0.15, -0.1) is 6.58 Å². The van der Waals surface area contributed by atoms with E-state index < -0.39 is 18.3 Å². The molecule has 0 saturated carbocycles. The highest BCUT2D eigenvalue weighted by Crippen LogP contribution is 2.42. The molecule has 1 aliphatic heterocycles. The van der Waals surface area contributed by atoms with E-state index in [1.54, 1.807) is 19.1 Å². The van der Waals surface area contributed by atoms with E-state index in [1.807, 2.05) is 49.5 Å². The molecule has 0 aliphatic carbocycles. The first kappa shape index (κ1) is 28.3. The minimum atomic E-state index is -0.662. The predicted octanol–water partition coefficient (Wildman–Crippen LogP) is 3.77. The molecule has 3 N–H and O–H groups in total. The van der Waals surface area contributed by atoms with Gasteiger partial charge in [-0.2, -0.15) is 0 Å². The molecule has 0 spiro atoms. The first-order valence-corrected chi connectivity index (χ1v) is 12.4. The number of nitrogens with one attached hydrogen (secondary N) is 2. The molecule has 2 amide bonds. The average Bonchev–Trinajstić information content (AvgIpc) is 2.89. The summed E-state index contributed by atoms with van der Waals surface area (Å²) in [5, 5.41) is 14.6. The van der Waals surface area contributed by atoms with Gasteiger partial charge in [-0.05, 0) is 37.2 Å². The maximum absolute atomic E-state index is 12.3. The van der Waals surface area contributed by atoms with Crippen LogP contribution in [0.1, 0.15) is 42.9 Å². The van der Waals surface area contributed by atoms with Gasteiger partial charge in [-0.3, -0.25) is 4.79 Å². The summed E-state index contributed by atoms with van der Waals surface area (Å²) >= 11 is 0. The highest BCUT2D eigenvalue weighted by molar-refractivity contribution is 5.91. The Morgan fingerprint density at radius 2 is 1.92 bits per heavy atom. The van der Waals surface area contributed by atoms with Gasteiger partial charge in [0, 0.05) is 30.3 Å². The lowest BCUT2D eigenvalue weighted by Crippen LogP contribution is -2.43. The van der Waals surface area contributed by atoms with E-state index in [-0.39, 0.29) is 37.9 Å². The zero-order valence-electron chi connectivity index (χ0n) is 21.7. The summed E-state index contributed by atoms with van der Waals surface area (Å²) in [5.41, 5.74) is 3.13. The minimum absolute atomic E-state index is 0.0186. The molecular weight excluding hydrogens is 474 g/mol. The lowest BCUT2D eigenvalue weighted by atomic mass is 9.90. The van der Waals surface area contributed by atoms with Crippen LogP contribution in [-0.4, -0.2) is 61.4 Å². The van der Waals surface area contributed by atoms with Crippen molar-refractivity contribution in [1.29, 1.82) is 0 Å². The Morgan fingerprint density at radius 1 is 1.16 bits per heavy atom. The second kappa shape index (κ2) is 13.9. The van der Waals surface area contributed by atoms with Crippen molar-refractivity contribution in [2.45, 2.75) is 39.0 Å². The Hall–Kier alpha value is -3.24. The van der Waals surface area contributed by atoms with Gasteiger partial charge >= 0.3 is 12.0 Å². The molecule has 37 heavy (non-hydrogen) atoms. The Balaban J connectivity index is 1.78. The molecule has 2 aromatic rings. The Bertz CT molecular complexity index is 1040. The fourth-order valence-electron chi connectivity index (χ4n) is 4.23. The number of hydrogen-bond donors (Lipinski definition) is 3. The molecule has 1 saturated heterocycles. The second-order valence-electron chi connectivity index (χ2n) is 9.07. The topological polar surface area (TPSA) is 109 Å². The fourth-order valence-corrected chi connectivity index (χ4v) is 4.23. The SMILES string of the molecule is C=CCN(C)C[C@H]1O[C@@H](c2cccc(NC(=O)NCC(=O)OCC)c2)O[C@@H](c2ccc(CO)cc2)[C@H]1C. The molecule has 9 heteroatoms. The summed E-state index contributed by atoms with van der Waals surface area (Å²) in [6, 6.07) is 14.5. The standard InChI is InChI=1S/C28H37N3O6/c1-5-14-31(4)17-24-19(3)26(21-12-10-20(18-32)11-13-21)37-27(36-24)22-8-7-9-23(15-22)30-28(34)29-16-25(33)35-6-2/h5,7-13,15,19,24,26-27,32H,1,6,14,16-18H2,2-4H3,(H2,29,30,34)/t19-,24+,26+,27+/m0/s1. The van der Waals surface area contributed by atoms with Crippen LogP contribution in [0.15, 0.2) is 61.2 Å². The zero-order valence-corrected chi connectivity index (χ0v) is 21.7. The lowest BCUT2D eigenvalue weighted by Gasteiger charge is -2.42. The maximum Gasteiger partial charge on any atom is 0.325 e. The van der Waals surface area contributed by atoms with Crippen molar-refractivity contribution in [2.75, 3.05) is 38.6 Å². The van der Waals surface area contributed by atoms with Crippen LogP contribution in [0.3, 0.4) is 0 Å². The Labute approximate surface area is 218 Å². The Morgan fingerprint density at radius 3 is 2.59 bits per heavy atom. The van der Waals surface area contributed by atoms with Crippen molar-refractivity contribution in [2.24, 2.45) is 5.92 Å². The molecule has 1 aliphatic rings. The molecule has 3 rings (SSSR count). The molecule has 4 atom stereocenters. The van der Waals surface area contributed by atoms with Crippen molar-refractivity contribution >= 4 is 17.7 Å². The predicted molar refractivity (Wildman–Crippen MR) is 141 cm³/mol. The van der Waals surface area contributed by atoms with Gasteiger partial charge in [0.25, 0.3) is 0 Å². The van der Waals surface area contributed by atoms with E-state index in [0.717, 1.165) is 23.2 Å². The third-order valence-corrected chi connectivity index (χ3v) is 6.17. The number of esters is 1. The molecule has 0 bridgehead atoms. The van der Waals surface area contributed by atoms with Gasteiger partial charge in [-0.25, -0.2) is 4.79 Å². The number of benzene rings is 2. The van der Waals surface area contributed by atoms with Crippen molar-refractivity contribution in [1.82, 2.24) is 10.2 Å². The Kier molecular flexibility index (Phi) is 10.6. The molecule has 0 unspecified atom stereocenters. The maximum atomic E-state index is 12.3. The molecule has 9 nitrogen and oxygen atoms in total. The van der Waals surface area contributed by atoms with Crippen LogP contribution in [0.25, 0.3) is 0 Å². The third kappa shape index (κ3) is 8.13. The van der Waals surface area contributed by atoms with Crippen molar-refractivity contribution < 1.29 is 28.9 Å². The van der Waals surface area contributed by atoms with E-state index in [4.69, 9.17) is 14.2 Å². The van der Waals surface area contributed by atoms with E-state index in [0.29, 0.717) is 12.2 Å². The summed E-state index contributed by atoms with van der Waals surface area (Å²) in [7, 11) is 2.02. The number of hydrogen-bond acceptors (Lipinski definition) is 7.